The van der Waals surface area contributed by atoms with Crippen LogP contribution in [0.15, 0.2) is 90.6 Å². The van der Waals surface area contributed by atoms with Gasteiger partial charge in [0.2, 0.25) is 11.8 Å². The molecule has 10 nitrogen and oxygen atoms in total. The van der Waals surface area contributed by atoms with Crippen LogP contribution in [0.5, 0.6) is 11.5 Å². The molecule has 288 valence electrons. The summed E-state index contributed by atoms with van der Waals surface area (Å²) in [6.07, 6.45) is -2.30. The van der Waals surface area contributed by atoms with Gasteiger partial charge in [0.15, 0.2) is 17.3 Å². The molecule has 4 amide bonds. The second-order valence-electron chi connectivity index (χ2n) is 14.2. The highest BCUT2D eigenvalue weighted by molar-refractivity contribution is 6.33. The van der Waals surface area contributed by atoms with Crippen LogP contribution in [0.25, 0.3) is 0 Å². The molecule has 0 radical (unpaired) electrons. The number of benzene rings is 3. The highest BCUT2D eigenvalue weighted by Crippen LogP contribution is 2.64. The SMILES string of the molecule is COc1cc([C@H]2C3=CC[C@@H]4C(=O)N(Cc5ccccc5)C(=O)[C@@H]4[C@@H]3C[C@H]3C(=O)N(Nc4ncc(C(F)(F)F)cc4Cl)C(=O)[C@@]23c2ccc(Cl)cc2)cc(Cl)c1O. The molecule has 56 heavy (non-hydrogen) atoms. The van der Waals surface area contributed by atoms with Crippen molar-refractivity contribution in [2.75, 3.05) is 12.5 Å². The number of alkyl halides is 3. The van der Waals surface area contributed by atoms with Crippen molar-refractivity contribution in [3.8, 4) is 11.5 Å². The number of amides is 4. The molecular formula is C40H30Cl3F3N4O6. The minimum absolute atomic E-state index is 0.0274. The van der Waals surface area contributed by atoms with Crippen molar-refractivity contribution in [3.05, 3.63) is 128 Å². The molecule has 3 fully saturated rings. The van der Waals surface area contributed by atoms with Gasteiger partial charge in [-0.05, 0) is 65.8 Å². The lowest BCUT2D eigenvalue weighted by atomic mass is 9.49. The molecule has 16 heteroatoms. The topological polar surface area (TPSA) is 129 Å². The van der Waals surface area contributed by atoms with E-state index in [-0.39, 0.29) is 47.6 Å². The summed E-state index contributed by atoms with van der Waals surface area (Å²) in [5.74, 6) is -7.77. The zero-order valence-electron chi connectivity index (χ0n) is 29.2. The van der Waals surface area contributed by atoms with Gasteiger partial charge < -0.3 is 9.84 Å². The number of imide groups is 2. The molecule has 8 rings (SSSR count). The van der Waals surface area contributed by atoms with Gasteiger partial charge >= 0.3 is 6.18 Å². The number of anilines is 1. The van der Waals surface area contributed by atoms with Crippen molar-refractivity contribution >= 4 is 64.2 Å². The first-order valence-corrected chi connectivity index (χ1v) is 18.6. The molecule has 1 saturated carbocycles. The van der Waals surface area contributed by atoms with Gasteiger partial charge in [0.25, 0.3) is 11.8 Å². The summed E-state index contributed by atoms with van der Waals surface area (Å²) < 4.78 is 46.0. The molecule has 2 N–H and O–H groups in total. The standard InChI is InChI=1S/C40H30Cl3F3N4O6/c1-56-30-14-20(13-28(42)33(30)51)32-24-11-12-25-31(37(54)49(35(25)52)18-19-5-3-2-4-6-19)26(24)16-27-36(53)50(38(55)39(27,32)21-7-9-23(41)10-8-21)48-34-29(43)15-22(17-47-34)40(44,45)46/h2-11,13-15,17,25-27,31-32,51H,12,16,18H2,1H3,(H,47,48)/t25-,26+,27-,31-,32-,39+/m0/s1. The van der Waals surface area contributed by atoms with E-state index in [1.165, 1.54) is 24.1 Å². The van der Waals surface area contributed by atoms with Crippen LogP contribution in [-0.2, 0) is 37.3 Å². The highest BCUT2D eigenvalue weighted by atomic mass is 35.5. The number of hydrogen-bond acceptors (Lipinski definition) is 8. The molecule has 3 aromatic carbocycles. The van der Waals surface area contributed by atoms with Gasteiger partial charge in [0.05, 0.1) is 52.4 Å². The second kappa shape index (κ2) is 13.8. The Morgan fingerprint density at radius 1 is 0.929 bits per heavy atom. The van der Waals surface area contributed by atoms with E-state index in [4.69, 9.17) is 39.5 Å². The Kier molecular flexibility index (Phi) is 9.33. The fraction of sp³-hybridized carbons (Fsp3) is 0.275. The van der Waals surface area contributed by atoms with E-state index in [1.54, 1.807) is 24.3 Å². The summed E-state index contributed by atoms with van der Waals surface area (Å²) in [5.41, 5.74) is 1.72. The predicted octanol–water partition coefficient (Wildman–Crippen LogP) is 7.96. The number of hydrogen-bond donors (Lipinski definition) is 2. The van der Waals surface area contributed by atoms with Gasteiger partial charge in [-0.1, -0.05) is 88.9 Å². The number of nitrogens with zero attached hydrogens (tertiary/aromatic N) is 3. The Bertz CT molecular complexity index is 2340. The Hall–Kier alpha value is -5.11. The van der Waals surface area contributed by atoms with Gasteiger partial charge in [-0.2, -0.15) is 18.2 Å². The summed E-state index contributed by atoms with van der Waals surface area (Å²) in [6.45, 7) is 0.0515. The first-order chi connectivity index (χ1) is 26.7. The minimum atomic E-state index is -4.76. The first kappa shape index (κ1) is 37.8. The summed E-state index contributed by atoms with van der Waals surface area (Å²) in [5, 5.41) is 11.2. The molecule has 2 saturated heterocycles. The zero-order chi connectivity index (χ0) is 39.8. The fourth-order valence-electron chi connectivity index (χ4n) is 9.06. The maximum atomic E-state index is 15.4. The Morgan fingerprint density at radius 3 is 2.30 bits per heavy atom. The molecule has 2 aliphatic carbocycles. The molecule has 1 aromatic heterocycles. The van der Waals surface area contributed by atoms with Crippen molar-refractivity contribution in [2.45, 2.75) is 36.9 Å². The van der Waals surface area contributed by atoms with E-state index in [0.717, 1.165) is 5.56 Å². The number of rotatable bonds is 7. The first-order valence-electron chi connectivity index (χ1n) is 17.5. The van der Waals surface area contributed by atoms with Crippen LogP contribution >= 0.6 is 34.8 Å². The van der Waals surface area contributed by atoms with Crippen LogP contribution in [0.2, 0.25) is 15.1 Å². The smallest absolute Gasteiger partial charge is 0.417 e. The molecule has 0 bridgehead atoms. The maximum Gasteiger partial charge on any atom is 0.417 e. The number of phenols is 1. The average Bonchev–Trinajstić information content (AvgIpc) is 3.54. The summed E-state index contributed by atoms with van der Waals surface area (Å²) >= 11 is 19.2. The number of methoxy groups -OCH3 is 1. The number of nitrogens with one attached hydrogen (secondary N) is 1. The van der Waals surface area contributed by atoms with E-state index in [9.17, 15) is 32.7 Å². The van der Waals surface area contributed by atoms with Crippen LogP contribution in [-0.4, -0.2) is 50.7 Å². The molecule has 6 atom stereocenters. The number of phenolic OH excluding ortho intramolecular Hbond substituents is 1. The minimum Gasteiger partial charge on any atom is -0.503 e. The van der Waals surface area contributed by atoms with E-state index >= 15 is 4.79 Å². The van der Waals surface area contributed by atoms with E-state index < -0.39 is 69.5 Å². The van der Waals surface area contributed by atoms with E-state index in [0.29, 0.717) is 39.0 Å². The van der Waals surface area contributed by atoms with Crippen LogP contribution in [0.3, 0.4) is 0 Å². The molecule has 2 aliphatic heterocycles. The normalized spacial score (nSPS) is 25.8. The van der Waals surface area contributed by atoms with Crippen molar-refractivity contribution in [2.24, 2.45) is 23.7 Å². The Balaban J connectivity index is 1.31. The third-order valence-corrected chi connectivity index (χ3v) is 12.3. The van der Waals surface area contributed by atoms with E-state index in [1.807, 2.05) is 36.4 Å². The number of ether oxygens (including phenoxy) is 1. The van der Waals surface area contributed by atoms with Crippen molar-refractivity contribution in [3.63, 3.8) is 0 Å². The Labute approximate surface area is 332 Å². The van der Waals surface area contributed by atoms with Crippen LogP contribution in [0.1, 0.15) is 41.0 Å². The van der Waals surface area contributed by atoms with E-state index in [2.05, 4.69) is 10.4 Å². The molecular weight excluding hydrogens is 796 g/mol. The second-order valence-corrected chi connectivity index (χ2v) is 15.5. The monoisotopic (exact) mass is 824 g/mol. The lowest BCUT2D eigenvalue weighted by molar-refractivity contribution is -0.142. The number of fused-ring (bicyclic) bond motifs is 4. The number of hydrazine groups is 1. The number of likely N-dealkylation sites (tertiary alicyclic amines) is 1. The number of aromatic nitrogens is 1. The number of allylic oxidation sites excluding steroid dienone is 2. The van der Waals surface area contributed by atoms with Crippen LogP contribution in [0, 0.1) is 23.7 Å². The number of carbonyl (C=O) groups excluding carboxylic acids is 4. The van der Waals surface area contributed by atoms with Crippen LogP contribution in [0.4, 0.5) is 19.0 Å². The van der Waals surface area contributed by atoms with Crippen molar-refractivity contribution in [1.82, 2.24) is 14.9 Å². The van der Waals surface area contributed by atoms with Gasteiger partial charge in [-0.3, -0.25) is 29.5 Å². The van der Waals surface area contributed by atoms with Crippen molar-refractivity contribution in [1.29, 1.82) is 0 Å². The molecule has 0 spiro atoms. The predicted molar refractivity (Wildman–Crippen MR) is 199 cm³/mol. The number of pyridine rings is 1. The average molecular weight is 826 g/mol. The number of halogens is 6. The molecule has 0 unspecified atom stereocenters. The summed E-state index contributed by atoms with van der Waals surface area (Å²) in [6, 6.07) is 19.0. The number of aromatic hydroxyl groups is 1. The van der Waals surface area contributed by atoms with Gasteiger partial charge in [-0.15, -0.1) is 0 Å². The van der Waals surface area contributed by atoms with Crippen LogP contribution < -0.4 is 10.2 Å². The third kappa shape index (κ3) is 5.81. The lowest BCUT2D eigenvalue weighted by Gasteiger charge is -2.50. The van der Waals surface area contributed by atoms with Crippen molar-refractivity contribution < 1.29 is 42.2 Å². The summed E-state index contributed by atoms with van der Waals surface area (Å²) in [7, 11) is 1.32. The highest BCUT2D eigenvalue weighted by Gasteiger charge is 2.70. The van der Waals surface area contributed by atoms with Gasteiger partial charge in [0, 0.05) is 17.1 Å². The largest absolute Gasteiger partial charge is 0.503 e. The lowest BCUT2D eigenvalue weighted by Crippen LogP contribution is -2.53. The van der Waals surface area contributed by atoms with Gasteiger partial charge in [0.1, 0.15) is 0 Å². The third-order valence-electron chi connectivity index (χ3n) is 11.4. The zero-order valence-corrected chi connectivity index (χ0v) is 31.5. The molecule has 4 aromatic rings. The number of carbonyl (C=O) groups is 4. The summed E-state index contributed by atoms with van der Waals surface area (Å²) in [4.78, 5) is 63.7. The fourth-order valence-corrected chi connectivity index (χ4v) is 9.61. The molecule has 3 heterocycles. The molecule has 4 aliphatic rings. The Morgan fingerprint density at radius 2 is 1.64 bits per heavy atom. The van der Waals surface area contributed by atoms with Gasteiger partial charge in [-0.25, -0.2) is 4.98 Å². The quantitative estimate of drug-likeness (QED) is 0.142. The maximum absolute atomic E-state index is 15.4.